The molecule has 0 spiro atoms. The van der Waals surface area contributed by atoms with Crippen molar-refractivity contribution in [3.05, 3.63) is 95.1 Å². The van der Waals surface area contributed by atoms with Crippen LogP contribution in [0.3, 0.4) is 0 Å². The van der Waals surface area contributed by atoms with Gasteiger partial charge in [-0.15, -0.1) is 5.70 Å². The maximum atomic E-state index is 10.5. The summed E-state index contributed by atoms with van der Waals surface area (Å²) in [6, 6.07) is 10.0. The number of aldehydes is 1. The van der Waals surface area contributed by atoms with E-state index in [1.54, 1.807) is 6.08 Å². The van der Waals surface area contributed by atoms with Gasteiger partial charge < -0.3 is 5.32 Å². The summed E-state index contributed by atoms with van der Waals surface area (Å²) in [7, 11) is 0. The van der Waals surface area contributed by atoms with Crippen LogP contribution in [-0.2, 0) is 21.9 Å². The predicted molar refractivity (Wildman–Crippen MR) is 74.0 cm³/mol. The Kier molecular flexibility index (Phi) is 6.51. The average Bonchev–Trinajstić information content (AvgIpc) is 3.14. The van der Waals surface area contributed by atoms with Gasteiger partial charge in [-0.2, -0.15) is 18.2 Å². The Morgan fingerprint density at radius 2 is 1.68 bits per heavy atom. The molecule has 3 heteroatoms. The average molecular weight is 291 g/mol. The van der Waals surface area contributed by atoms with Gasteiger partial charge in [0.2, 0.25) is 0 Å². The van der Waals surface area contributed by atoms with E-state index in [-0.39, 0.29) is 17.1 Å². The third kappa shape index (κ3) is 4.66. The predicted octanol–water partition coefficient (Wildman–Crippen LogP) is 3.80. The third-order valence-corrected chi connectivity index (χ3v) is 2.41. The molecule has 1 aromatic rings. The van der Waals surface area contributed by atoms with Gasteiger partial charge >= 0.3 is 17.1 Å². The third-order valence-electron chi connectivity index (χ3n) is 2.41. The molecular formula is C16H13FeNO. The monoisotopic (exact) mass is 291 g/mol. The van der Waals surface area contributed by atoms with Crippen molar-refractivity contribution in [1.82, 2.24) is 0 Å². The van der Waals surface area contributed by atoms with E-state index in [4.69, 9.17) is 0 Å². The molecule has 19 heavy (non-hydrogen) atoms. The molecule has 0 unspecified atom stereocenters. The summed E-state index contributed by atoms with van der Waals surface area (Å²) in [4.78, 5) is 10.5. The van der Waals surface area contributed by atoms with Gasteiger partial charge in [-0.3, -0.25) is 4.79 Å². The Bertz CT molecular complexity index is 514. The number of hydrogen-bond acceptors (Lipinski definition) is 1. The van der Waals surface area contributed by atoms with Crippen molar-refractivity contribution in [2.45, 2.75) is 0 Å². The van der Waals surface area contributed by atoms with Crippen LogP contribution in [0.5, 0.6) is 0 Å². The molecule has 0 aromatic heterocycles. The Morgan fingerprint density at radius 3 is 2.21 bits per heavy atom. The van der Waals surface area contributed by atoms with Gasteiger partial charge in [0.1, 0.15) is 6.29 Å². The fourth-order valence-corrected chi connectivity index (χ4v) is 1.54. The summed E-state index contributed by atoms with van der Waals surface area (Å²) in [6.07, 6.45) is 14.0. The van der Waals surface area contributed by atoms with Gasteiger partial charge in [0.15, 0.2) is 0 Å². The van der Waals surface area contributed by atoms with Crippen molar-refractivity contribution in [2.24, 2.45) is 0 Å². The first-order valence-electron chi connectivity index (χ1n) is 5.71. The summed E-state index contributed by atoms with van der Waals surface area (Å²) < 4.78 is 0. The van der Waals surface area contributed by atoms with E-state index < -0.39 is 0 Å². The van der Waals surface area contributed by atoms with Crippen molar-refractivity contribution in [3.63, 3.8) is 0 Å². The van der Waals surface area contributed by atoms with E-state index in [0.717, 1.165) is 17.6 Å². The van der Waals surface area contributed by atoms with E-state index >= 15 is 0 Å². The molecule has 2 nitrogen and oxygen atoms in total. The van der Waals surface area contributed by atoms with Crippen LogP contribution in [0, 0.1) is 0 Å². The smallest absolute Gasteiger partial charge is 0.655 e. The van der Waals surface area contributed by atoms with Crippen LogP contribution < -0.4 is 0 Å². The van der Waals surface area contributed by atoms with E-state index in [2.05, 4.69) is 5.32 Å². The first-order valence-corrected chi connectivity index (χ1v) is 5.71. The molecule has 0 N–H and O–H groups in total. The minimum atomic E-state index is 0. The van der Waals surface area contributed by atoms with Crippen LogP contribution >= 0.6 is 0 Å². The van der Waals surface area contributed by atoms with Gasteiger partial charge in [0, 0.05) is 0 Å². The standard InChI is InChI=1S/C11H8NO.C5H5.Fe/c13-8-10-6-3-7-11(12-10)9-4-1-2-5-9;1-2-4-5-3-1;/h1-8H;1-5H;/q2*-1;+2. The fourth-order valence-electron chi connectivity index (χ4n) is 1.54. The summed E-state index contributed by atoms with van der Waals surface area (Å²) in [6.45, 7) is 0. The summed E-state index contributed by atoms with van der Waals surface area (Å²) in [5, 5.41) is 4.17. The molecule has 3 rings (SSSR count). The minimum absolute atomic E-state index is 0. The van der Waals surface area contributed by atoms with Gasteiger partial charge in [-0.1, -0.05) is 48.2 Å². The van der Waals surface area contributed by atoms with Crippen molar-refractivity contribution >= 4 is 6.29 Å². The Morgan fingerprint density at radius 1 is 1.00 bits per heavy atom. The zero-order valence-electron chi connectivity index (χ0n) is 10.2. The number of allylic oxidation sites excluding steroid dienone is 9. The van der Waals surface area contributed by atoms with Crippen molar-refractivity contribution in [3.8, 4) is 0 Å². The molecule has 0 atom stereocenters. The largest absolute Gasteiger partial charge is 2.00 e. The van der Waals surface area contributed by atoms with Crippen LogP contribution in [0.25, 0.3) is 5.32 Å². The van der Waals surface area contributed by atoms with Crippen LogP contribution in [0.1, 0.15) is 0 Å². The molecule has 1 aliphatic heterocycles. The van der Waals surface area contributed by atoms with Gasteiger partial charge in [-0.05, 0) is 5.57 Å². The van der Waals surface area contributed by atoms with E-state index in [0.29, 0.717) is 5.70 Å². The second-order valence-electron chi connectivity index (χ2n) is 3.70. The molecule has 0 saturated carbocycles. The second kappa shape index (κ2) is 8.20. The molecule has 0 saturated heterocycles. The quantitative estimate of drug-likeness (QED) is 0.440. The molecule has 1 aliphatic carbocycles. The van der Waals surface area contributed by atoms with Crippen LogP contribution in [0.15, 0.2) is 89.8 Å². The van der Waals surface area contributed by atoms with E-state index in [1.807, 2.05) is 66.8 Å². The minimum Gasteiger partial charge on any atom is -0.655 e. The molecule has 1 heterocycles. The first-order chi connectivity index (χ1) is 8.90. The zero-order chi connectivity index (χ0) is 12.6. The molecule has 0 fully saturated rings. The first kappa shape index (κ1) is 15.1. The summed E-state index contributed by atoms with van der Waals surface area (Å²) in [5.74, 6) is 0. The van der Waals surface area contributed by atoms with Crippen molar-refractivity contribution < 1.29 is 21.9 Å². The molecular weight excluding hydrogens is 278 g/mol. The maximum absolute atomic E-state index is 10.5. The Labute approximate surface area is 123 Å². The SMILES string of the molecule is O=CC1=CC=CC(=C2C=CC=C2)[N-]1.[Fe+2].c1cc[cH-]c1. The molecule has 0 radical (unpaired) electrons. The Hall–Kier alpha value is -1.96. The maximum Gasteiger partial charge on any atom is 2.00 e. The Balaban J connectivity index is 0.000000256. The number of hydrogen-bond donors (Lipinski definition) is 0. The van der Waals surface area contributed by atoms with E-state index in [1.165, 1.54) is 0 Å². The van der Waals surface area contributed by atoms with Gasteiger partial charge in [-0.25, -0.2) is 12.1 Å². The topological polar surface area (TPSA) is 31.2 Å². The molecule has 2 aliphatic rings. The van der Waals surface area contributed by atoms with Crippen LogP contribution in [-0.4, -0.2) is 6.29 Å². The second-order valence-corrected chi connectivity index (χ2v) is 3.70. The molecule has 0 bridgehead atoms. The number of carbonyl (C=O) groups excluding carboxylic acids is 1. The van der Waals surface area contributed by atoms with Gasteiger partial charge in [0.25, 0.3) is 0 Å². The van der Waals surface area contributed by atoms with E-state index in [9.17, 15) is 4.79 Å². The van der Waals surface area contributed by atoms with Crippen molar-refractivity contribution in [1.29, 1.82) is 0 Å². The van der Waals surface area contributed by atoms with Crippen LogP contribution in [0.4, 0.5) is 0 Å². The van der Waals surface area contributed by atoms with Gasteiger partial charge in [0.05, 0.1) is 0 Å². The molecule has 1 aromatic carbocycles. The van der Waals surface area contributed by atoms with Crippen LogP contribution in [0.2, 0.25) is 0 Å². The zero-order valence-corrected chi connectivity index (χ0v) is 11.3. The summed E-state index contributed by atoms with van der Waals surface area (Å²) in [5.41, 5.74) is 2.36. The molecule has 0 amide bonds. The number of carbonyl (C=O) groups is 1. The number of nitrogens with zero attached hydrogens (tertiary/aromatic N) is 1. The van der Waals surface area contributed by atoms with Crippen molar-refractivity contribution in [2.75, 3.05) is 0 Å². The molecule has 96 valence electrons. The number of rotatable bonds is 1. The fraction of sp³-hybridized carbons (Fsp3) is 0. The summed E-state index contributed by atoms with van der Waals surface area (Å²) >= 11 is 0. The normalized spacial score (nSPS) is 15.1.